The Hall–Kier alpha value is -1.50. The van der Waals surface area contributed by atoms with Gasteiger partial charge in [-0.3, -0.25) is 4.79 Å². The number of carbonyl (C=O) groups is 1. The van der Waals surface area contributed by atoms with E-state index in [4.69, 9.17) is 0 Å². The molecule has 0 unspecified atom stereocenters. The Morgan fingerprint density at radius 2 is 1.84 bits per heavy atom. The Morgan fingerprint density at radius 1 is 1.12 bits per heavy atom. The molecule has 0 bridgehead atoms. The van der Waals surface area contributed by atoms with Gasteiger partial charge in [-0.2, -0.15) is 0 Å². The van der Waals surface area contributed by atoms with Gasteiger partial charge in [-0.1, -0.05) is 57.6 Å². The lowest BCUT2D eigenvalue weighted by Crippen LogP contribution is -3.00. The van der Waals surface area contributed by atoms with Gasteiger partial charge < -0.3 is 17.0 Å². The number of rotatable bonds is 4. The molecule has 1 aliphatic rings. The number of thiazole rings is 1. The van der Waals surface area contributed by atoms with E-state index in [0.29, 0.717) is 6.54 Å². The Bertz CT molecular complexity index is 878. The van der Waals surface area contributed by atoms with E-state index in [9.17, 15) is 4.79 Å². The number of carbonyl (C=O) groups excluding carboxylic acids is 1. The molecule has 0 radical (unpaired) electrons. The van der Waals surface area contributed by atoms with Gasteiger partial charge in [0.15, 0.2) is 0 Å². The minimum Gasteiger partial charge on any atom is -1.00 e. The zero-order valence-electron chi connectivity index (χ0n) is 13.4. The SMILES string of the molecule is O=C(CN1CC[n+]2c(-c3ccc(Br)cc3)csc21)c1ccccc1.[Br-]. The molecule has 0 saturated carbocycles. The summed E-state index contributed by atoms with van der Waals surface area (Å²) in [5.74, 6) is 0.169. The van der Waals surface area contributed by atoms with Crippen molar-refractivity contribution in [3.63, 3.8) is 0 Å². The Morgan fingerprint density at radius 3 is 2.56 bits per heavy atom. The molecule has 25 heavy (non-hydrogen) atoms. The van der Waals surface area contributed by atoms with Crippen molar-refractivity contribution >= 4 is 38.2 Å². The highest BCUT2D eigenvalue weighted by molar-refractivity contribution is 9.10. The van der Waals surface area contributed by atoms with Crippen LogP contribution >= 0.6 is 27.3 Å². The average Bonchev–Trinajstić information content (AvgIpc) is 3.20. The number of fused-ring (bicyclic) bond motifs is 1. The van der Waals surface area contributed by atoms with Crippen molar-refractivity contribution < 1.29 is 26.3 Å². The minimum absolute atomic E-state index is 0. The molecule has 0 spiro atoms. The van der Waals surface area contributed by atoms with Crippen molar-refractivity contribution in [2.24, 2.45) is 0 Å². The fourth-order valence-electron chi connectivity index (χ4n) is 3.00. The van der Waals surface area contributed by atoms with Crippen molar-refractivity contribution in [2.45, 2.75) is 6.54 Å². The van der Waals surface area contributed by atoms with Crippen molar-refractivity contribution in [1.29, 1.82) is 0 Å². The van der Waals surface area contributed by atoms with Crippen LogP contribution in [0.5, 0.6) is 0 Å². The average molecular weight is 480 g/mol. The number of hydrogen-bond acceptors (Lipinski definition) is 3. The van der Waals surface area contributed by atoms with Crippen LogP contribution in [-0.4, -0.2) is 18.9 Å². The largest absolute Gasteiger partial charge is 1.00 e. The lowest BCUT2D eigenvalue weighted by Gasteiger charge is -2.07. The number of hydrogen-bond donors (Lipinski definition) is 0. The molecule has 1 aromatic heterocycles. The standard InChI is InChI=1S/C19H16BrN2OS.BrH/c20-16-8-6-14(7-9-16)17-13-24-19-21(10-11-22(17)19)12-18(23)15-4-2-1-3-5-15;/h1-9,13H,10-12H2;1H/q+1;/p-1. The molecule has 4 rings (SSSR count). The number of anilines is 1. The number of aromatic nitrogens is 1. The topological polar surface area (TPSA) is 24.2 Å². The third kappa shape index (κ3) is 3.71. The molecule has 2 heterocycles. The molecule has 0 N–H and O–H groups in total. The summed E-state index contributed by atoms with van der Waals surface area (Å²) in [5, 5.41) is 3.34. The Labute approximate surface area is 169 Å². The van der Waals surface area contributed by atoms with E-state index >= 15 is 0 Å². The normalized spacial score (nSPS) is 12.6. The smallest absolute Gasteiger partial charge is 0.337 e. The number of benzene rings is 2. The second-order valence-corrected chi connectivity index (χ2v) is 7.53. The molecule has 0 aliphatic carbocycles. The maximum Gasteiger partial charge on any atom is 0.337 e. The second kappa shape index (κ2) is 7.81. The van der Waals surface area contributed by atoms with Crippen LogP contribution in [0.2, 0.25) is 0 Å². The first-order valence-corrected chi connectivity index (χ1v) is 9.50. The highest BCUT2D eigenvalue weighted by Gasteiger charge is 2.33. The third-order valence-electron chi connectivity index (χ3n) is 4.23. The maximum absolute atomic E-state index is 12.5. The molecule has 2 aromatic carbocycles. The van der Waals surface area contributed by atoms with Gasteiger partial charge in [0.2, 0.25) is 5.78 Å². The van der Waals surface area contributed by atoms with Crippen molar-refractivity contribution in [2.75, 3.05) is 18.0 Å². The van der Waals surface area contributed by atoms with Gasteiger partial charge in [-0.15, -0.1) is 0 Å². The summed E-state index contributed by atoms with van der Waals surface area (Å²) in [4.78, 5) is 14.7. The summed E-state index contributed by atoms with van der Waals surface area (Å²) in [7, 11) is 0. The number of Topliss-reactive ketones (excluding diaryl/α,β-unsaturated/α-hetero) is 1. The van der Waals surface area contributed by atoms with Crippen molar-refractivity contribution in [3.05, 3.63) is 70.0 Å². The predicted molar refractivity (Wildman–Crippen MR) is 101 cm³/mol. The highest BCUT2D eigenvalue weighted by Crippen LogP contribution is 2.29. The zero-order chi connectivity index (χ0) is 16.5. The third-order valence-corrected chi connectivity index (χ3v) is 5.79. The van der Waals surface area contributed by atoms with Crippen LogP contribution in [0.3, 0.4) is 0 Å². The lowest BCUT2D eigenvalue weighted by atomic mass is 10.1. The summed E-state index contributed by atoms with van der Waals surface area (Å²) in [6.45, 7) is 2.24. The van der Waals surface area contributed by atoms with E-state index in [1.165, 1.54) is 11.3 Å². The van der Waals surface area contributed by atoms with Crippen LogP contribution in [0.25, 0.3) is 11.3 Å². The molecule has 128 valence electrons. The van der Waals surface area contributed by atoms with Gasteiger partial charge in [0, 0.05) is 21.0 Å². The first kappa shape index (κ1) is 18.3. The van der Waals surface area contributed by atoms with Crippen LogP contribution in [0.4, 0.5) is 5.13 Å². The molecule has 0 amide bonds. The van der Waals surface area contributed by atoms with E-state index in [-0.39, 0.29) is 22.8 Å². The van der Waals surface area contributed by atoms with Crippen molar-refractivity contribution in [1.82, 2.24) is 0 Å². The monoisotopic (exact) mass is 478 g/mol. The minimum atomic E-state index is 0. The molecular formula is C19H16Br2N2OS. The first-order chi connectivity index (χ1) is 11.7. The zero-order valence-corrected chi connectivity index (χ0v) is 17.4. The van der Waals surface area contributed by atoms with Gasteiger partial charge in [0.25, 0.3) is 0 Å². The molecule has 0 fully saturated rings. The van der Waals surface area contributed by atoms with E-state index < -0.39 is 0 Å². The summed E-state index contributed by atoms with van der Waals surface area (Å²) < 4.78 is 3.39. The fourth-order valence-corrected chi connectivity index (χ4v) is 4.36. The highest BCUT2D eigenvalue weighted by atomic mass is 79.9. The molecule has 6 heteroatoms. The van der Waals surface area contributed by atoms with Crippen molar-refractivity contribution in [3.8, 4) is 11.3 Å². The molecule has 1 aliphatic heterocycles. The van der Waals surface area contributed by atoms with Gasteiger partial charge in [-0.05, 0) is 24.3 Å². The summed E-state index contributed by atoms with van der Waals surface area (Å²) in [6.07, 6.45) is 0. The van der Waals surface area contributed by atoms with Gasteiger partial charge in [0.1, 0.15) is 25.3 Å². The number of halogens is 2. The van der Waals surface area contributed by atoms with Crippen LogP contribution in [-0.2, 0) is 6.54 Å². The van der Waals surface area contributed by atoms with Gasteiger partial charge in [-0.25, -0.2) is 9.47 Å². The molecule has 0 atom stereocenters. The van der Waals surface area contributed by atoms with E-state index in [1.807, 2.05) is 30.3 Å². The van der Waals surface area contributed by atoms with Crippen LogP contribution in [0.15, 0.2) is 64.5 Å². The predicted octanol–water partition coefficient (Wildman–Crippen LogP) is 1.17. The second-order valence-electron chi connectivity index (χ2n) is 5.77. The van der Waals surface area contributed by atoms with Crippen LogP contribution in [0.1, 0.15) is 10.4 Å². The van der Waals surface area contributed by atoms with E-state index in [2.05, 4.69) is 55.0 Å². The molecular weight excluding hydrogens is 464 g/mol. The Kier molecular flexibility index (Phi) is 5.71. The first-order valence-electron chi connectivity index (χ1n) is 7.83. The van der Waals surface area contributed by atoms with Gasteiger partial charge in [0.05, 0.1) is 0 Å². The van der Waals surface area contributed by atoms with Gasteiger partial charge >= 0.3 is 5.13 Å². The van der Waals surface area contributed by atoms with Crippen LogP contribution < -0.4 is 26.4 Å². The molecule has 3 nitrogen and oxygen atoms in total. The molecule has 3 aromatic rings. The maximum atomic E-state index is 12.5. The Balaban J connectivity index is 0.00000182. The summed E-state index contributed by atoms with van der Waals surface area (Å²) in [6, 6.07) is 17.9. The number of ketones is 1. The molecule has 0 saturated heterocycles. The summed E-state index contributed by atoms with van der Waals surface area (Å²) in [5.41, 5.74) is 3.20. The van der Waals surface area contributed by atoms with E-state index in [0.717, 1.165) is 28.3 Å². The fraction of sp³-hybridized carbons (Fsp3) is 0.158. The summed E-state index contributed by atoms with van der Waals surface area (Å²) >= 11 is 5.19. The van der Waals surface area contributed by atoms with E-state index in [1.54, 1.807) is 11.3 Å². The lowest BCUT2D eigenvalue weighted by molar-refractivity contribution is -0.656. The number of nitrogens with zero attached hydrogens (tertiary/aromatic N) is 2. The quantitative estimate of drug-likeness (QED) is 0.414. The van der Waals surface area contributed by atoms with Crippen LogP contribution in [0, 0.1) is 0 Å².